The molecule has 0 bridgehead atoms. The van der Waals surface area contributed by atoms with Crippen molar-refractivity contribution < 1.29 is 9.59 Å². The highest BCUT2D eigenvalue weighted by molar-refractivity contribution is 9.10. The molecule has 1 aromatic heterocycles. The van der Waals surface area contributed by atoms with Crippen molar-refractivity contribution in [2.45, 2.75) is 38.5 Å². The van der Waals surface area contributed by atoms with E-state index in [0.29, 0.717) is 5.57 Å². The molecule has 1 aliphatic carbocycles. The van der Waals surface area contributed by atoms with Crippen molar-refractivity contribution in [3.05, 3.63) is 50.8 Å². The average molecular weight is 440 g/mol. The van der Waals surface area contributed by atoms with Gasteiger partial charge in [0, 0.05) is 34.5 Å². The lowest BCUT2D eigenvalue weighted by Crippen LogP contribution is -2.29. The lowest BCUT2D eigenvalue weighted by Gasteiger charge is -2.17. The van der Waals surface area contributed by atoms with E-state index >= 15 is 0 Å². The standard InChI is InChI=1S/C22H22BrN3O2/c23-13-7-8-18-16(11-13)17(21(27)25-18)12-19-14-5-1-2-6-15(14)20(24-19)22(28)26-9-3-4-10-26/h7-8,11-12,24H,1-6,9-10H2,(H,25,27)/b17-12-. The Bertz CT molecular complexity index is 1020. The highest BCUT2D eigenvalue weighted by Crippen LogP contribution is 2.37. The molecule has 0 radical (unpaired) electrons. The van der Waals surface area contributed by atoms with Crippen molar-refractivity contribution in [1.82, 2.24) is 9.88 Å². The van der Waals surface area contributed by atoms with Crippen molar-refractivity contribution in [3.63, 3.8) is 0 Å². The van der Waals surface area contributed by atoms with Crippen molar-refractivity contribution in [3.8, 4) is 0 Å². The number of aromatic amines is 1. The van der Waals surface area contributed by atoms with Crippen molar-refractivity contribution in [2.75, 3.05) is 18.4 Å². The van der Waals surface area contributed by atoms with Crippen LogP contribution in [0, 0.1) is 0 Å². The SMILES string of the molecule is O=C1Nc2ccc(Br)cc2/C1=C/c1[nH]c(C(=O)N2CCCC2)c2c1CCCC2. The number of rotatable bonds is 2. The van der Waals surface area contributed by atoms with Gasteiger partial charge < -0.3 is 15.2 Å². The fourth-order valence-electron chi connectivity index (χ4n) is 4.60. The second-order valence-corrected chi connectivity index (χ2v) is 8.69. The summed E-state index contributed by atoms with van der Waals surface area (Å²) in [7, 11) is 0. The van der Waals surface area contributed by atoms with Gasteiger partial charge in [-0.3, -0.25) is 9.59 Å². The summed E-state index contributed by atoms with van der Waals surface area (Å²) in [6.07, 6.45) is 8.20. The highest BCUT2D eigenvalue weighted by Gasteiger charge is 2.30. The Hall–Kier alpha value is -2.34. The number of amides is 2. The number of aromatic nitrogens is 1. The second kappa shape index (κ2) is 6.92. The molecule has 0 spiro atoms. The molecule has 1 saturated heterocycles. The Labute approximate surface area is 172 Å². The number of carbonyl (C=O) groups excluding carboxylic acids is 2. The molecule has 1 aromatic carbocycles. The zero-order valence-corrected chi connectivity index (χ0v) is 17.2. The van der Waals surface area contributed by atoms with Gasteiger partial charge in [0.2, 0.25) is 0 Å². The number of anilines is 1. The molecular weight excluding hydrogens is 418 g/mol. The number of hydrogen-bond acceptors (Lipinski definition) is 2. The summed E-state index contributed by atoms with van der Waals surface area (Å²) < 4.78 is 0.937. The van der Waals surface area contributed by atoms with Gasteiger partial charge in [-0.1, -0.05) is 15.9 Å². The van der Waals surface area contributed by atoms with Crippen LogP contribution in [0.4, 0.5) is 5.69 Å². The lowest BCUT2D eigenvalue weighted by molar-refractivity contribution is -0.110. The van der Waals surface area contributed by atoms with Crippen molar-refractivity contribution in [1.29, 1.82) is 0 Å². The Kier molecular flexibility index (Phi) is 4.38. The first kappa shape index (κ1) is 17.7. The van der Waals surface area contributed by atoms with E-state index in [-0.39, 0.29) is 11.8 Å². The summed E-state index contributed by atoms with van der Waals surface area (Å²) in [5, 5.41) is 2.93. The summed E-state index contributed by atoms with van der Waals surface area (Å²) >= 11 is 3.49. The Balaban J connectivity index is 1.60. The number of halogens is 1. The second-order valence-electron chi connectivity index (χ2n) is 7.78. The van der Waals surface area contributed by atoms with Crippen LogP contribution in [0.5, 0.6) is 0 Å². The first-order valence-electron chi connectivity index (χ1n) is 9.98. The van der Waals surface area contributed by atoms with Gasteiger partial charge in [-0.05, 0) is 73.9 Å². The normalized spacial score (nSPS) is 19.7. The quantitative estimate of drug-likeness (QED) is 0.681. The van der Waals surface area contributed by atoms with E-state index in [0.717, 1.165) is 84.3 Å². The van der Waals surface area contributed by atoms with Crippen LogP contribution in [-0.4, -0.2) is 34.8 Å². The molecule has 144 valence electrons. The predicted octanol–water partition coefficient (Wildman–Crippen LogP) is 4.38. The summed E-state index contributed by atoms with van der Waals surface area (Å²) in [5.74, 6) is 0.0130. The molecule has 0 saturated carbocycles. The molecule has 6 heteroatoms. The minimum Gasteiger partial charge on any atom is -0.351 e. The van der Waals surface area contributed by atoms with Crippen LogP contribution in [0.25, 0.3) is 11.6 Å². The number of nitrogens with zero attached hydrogens (tertiary/aromatic N) is 1. The van der Waals surface area contributed by atoms with E-state index in [4.69, 9.17) is 0 Å². The molecule has 2 aromatic rings. The molecule has 28 heavy (non-hydrogen) atoms. The van der Waals surface area contributed by atoms with Gasteiger partial charge in [-0.2, -0.15) is 0 Å². The van der Waals surface area contributed by atoms with Crippen LogP contribution < -0.4 is 5.32 Å². The van der Waals surface area contributed by atoms with Crippen molar-refractivity contribution >= 4 is 45.1 Å². The fourth-order valence-corrected chi connectivity index (χ4v) is 4.96. The largest absolute Gasteiger partial charge is 0.351 e. The maximum absolute atomic E-state index is 13.1. The molecule has 2 amide bonds. The zero-order chi connectivity index (χ0) is 19.3. The van der Waals surface area contributed by atoms with Crippen molar-refractivity contribution in [2.24, 2.45) is 0 Å². The molecule has 2 aliphatic heterocycles. The van der Waals surface area contributed by atoms with Gasteiger partial charge in [0.15, 0.2) is 0 Å². The van der Waals surface area contributed by atoms with Gasteiger partial charge >= 0.3 is 0 Å². The van der Waals surface area contributed by atoms with Gasteiger partial charge in [0.25, 0.3) is 11.8 Å². The van der Waals surface area contributed by atoms with Crippen LogP contribution in [0.1, 0.15) is 58.6 Å². The third kappa shape index (κ3) is 2.91. The number of likely N-dealkylation sites (tertiary alicyclic amines) is 1. The minimum absolute atomic E-state index is 0.0975. The summed E-state index contributed by atoms with van der Waals surface area (Å²) in [4.78, 5) is 31.0. The van der Waals surface area contributed by atoms with Gasteiger partial charge in [-0.25, -0.2) is 0 Å². The van der Waals surface area contributed by atoms with Crippen LogP contribution in [0.2, 0.25) is 0 Å². The third-order valence-corrected chi connectivity index (χ3v) is 6.51. The maximum atomic E-state index is 13.1. The van der Waals surface area contributed by atoms with E-state index < -0.39 is 0 Å². The maximum Gasteiger partial charge on any atom is 0.270 e. The smallest absolute Gasteiger partial charge is 0.270 e. The number of carbonyl (C=O) groups is 2. The van der Waals surface area contributed by atoms with Crippen LogP contribution in [-0.2, 0) is 17.6 Å². The molecule has 3 heterocycles. The van der Waals surface area contributed by atoms with E-state index in [1.807, 2.05) is 29.2 Å². The predicted molar refractivity (Wildman–Crippen MR) is 113 cm³/mol. The van der Waals surface area contributed by atoms with Gasteiger partial charge in [0.05, 0.1) is 5.57 Å². The highest BCUT2D eigenvalue weighted by atomic mass is 79.9. The van der Waals surface area contributed by atoms with Crippen LogP contribution in [0.15, 0.2) is 22.7 Å². The summed E-state index contributed by atoms with van der Waals surface area (Å²) in [6, 6.07) is 5.79. The number of hydrogen-bond donors (Lipinski definition) is 2. The molecule has 0 unspecified atom stereocenters. The van der Waals surface area contributed by atoms with Gasteiger partial charge in [0.1, 0.15) is 5.69 Å². The topological polar surface area (TPSA) is 65.2 Å². The lowest BCUT2D eigenvalue weighted by atomic mass is 9.91. The molecule has 3 aliphatic rings. The number of fused-ring (bicyclic) bond motifs is 2. The van der Waals surface area contributed by atoms with E-state index in [1.54, 1.807) is 0 Å². The van der Waals surface area contributed by atoms with Crippen LogP contribution >= 0.6 is 15.9 Å². The Morgan fingerprint density at radius 3 is 2.61 bits per heavy atom. The first-order chi connectivity index (χ1) is 13.6. The summed E-state index contributed by atoms with van der Waals surface area (Å²) in [6.45, 7) is 1.68. The molecule has 0 atom stereocenters. The molecular formula is C22H22BrN3O2. The summed E-state index contributed by atoms with van der Waals surface area (Å²) in [5.41, 5.74) is 6.37. The Morgan fingerprint density at radius 2 is 1.82 bits per heavy atom. The molecule has 1 fully saturated rings. The van der Waals surface area contributed by atoms with E-state index in [2.05, 4.69) is 26.2 Å². The number of H-pyrrole nitrogens is 1. The fraction of sp³-hybridized carbons (Fsp3) is 0.364. The Morgan fingerprint density at radius 1 is 1.07 bits per heavy atom. The van der Waals surface area contributed by atoms with E-state index in [1.165, 1.54) is 5.56 Å². The minimum atomic E-state index is -0.0975. The first-order valence-corrected chi connectivity index (χ1v) is 10.8. The number of nitrogens with one attached hydrogen (secondary N) is 2. The third-order valence-electron chi connectivity index (χ3n) is 6.01. The number of benzene rings is 1. The van der Waals surface area contributed by atoms with Gasteiger partial charge in [-0.15, -0.1) is 0 Å². The molecule has 2 N–H and O–H groups in total. The monoisotopic (exact) mass is 439 g/mol. The van der Waals surface area contributed by atoms with Crippen LogP contribution in [0.3, 0.4) is 0 Å². The zero-order valence-electron chi connectivity index (χ0n) is 15.6. The molecule has 5 nitrogen and oxygen atoms in total. The molecule has 5 rings (SSSR count). The average Bonchev–Trinajstić information content (AvgIpc) is 3.41. The van der Waals surface area contributed by atoms with E-state index in [9.17, 15) is 9.59 Å².